The van der Waals surface area contributed by atoms with Crippen molar-refractivity contribution in [1.29, 1.82) is 0 Å². The Kier molecular flexibility index (Phi) is 12.9. The van der Waals surface area contributed by atoms with Crippen LogP contribution < -0.4 is 0 Å². The minimum atomic E-state index is -0.727. The molecule has 0 bridgehead atoms. The molecule has 4 heteroatoms. The highest BCUT2D eigenvalue weighted by molar-refractivity contribution is 7.46. The van der Waals surface area contributed by atoms with Crippen LogP contribution >= 0.6 is 16.9 Å². The van der Waals surface area contributed by atoms with Crippen molar-refractivity contribution in [3.8, 4) is 0 Å². The lowest BCUT2D eigenvalue weighted by atomic mass is 10.1. The zero-order valence-corrected chi connectivity index (χ0v) is 18.6. The summed E-state index contributed by atoms with van der Waals surface area (Å²) in [6, 6.07) is 0. The van der Waals surface area contributed by atoms with Gasteiger partial charge in [-0.3, -0.25) is 9.13 Å². The summed E-state index contributed by atoms with van der Waals surface area (Å²) in [5.74, 6) is 0. The van der Waals surface area contributed by atoms with E-state index in [4.69, 9.17) is 0 Å². The molecule has 0 aromatic rings. The van der Waals surface area contributed by atoms with Crippen LogP contribution in [-0.2, 0) is 9.13 Å². The average molecular weight is 380 g/mol. The summed E-state index contributed by atoms with van der Waals surface area (Å²) >= 11 is 0. The third-order valence-corrected chi connectivity index (χ3v) is 5.98. The third-order valence-electron chi connectivity index (χ3n) is 4.08. The van der Waals surface area contributed by atoms with Gasteiger partial charge in [-0.05, 0) is 80.1 Å². The van der Waals surface area contributed by atoms with Crippen molar-refractivity contribution >= 4 is 16.9 Å². The Morgan fingerprint density at radius 2 is 1.04 bits per heavy atom. The SMILES string of the molecule is CC(C)=CCC/C(C)=C/CC(C/C=C(\C)CCC=C(C)C)(P=O)P=O. The maximum Gasteiger partial charge on any atom is 0.175 e. The normalized spacial score (nSPS) is 15.1. The van der Waals surface area contributed by atoms with Gasteiger partial charge in [0.05, 0.1) is 0 Å². The molecule has 0 fully saturated rings. The molecule has 0 saturated carbocycles. The molecule has 2 nitrogen and oxygen atoms in total. The first-order valence-corrected chi connectivity index (χ1v) is 10.6. The topological polar surface area (TPSA) is 34.1 Å². The molecular formula is C21H34O2P2. The Hall–Kier alpha value is -0.840. The molecule has 25 heavy (non-hydrogen) atoms. The van der Waals surface area contributed by atoms with Gasteiger partial charge in [-0.15, -0.1) is 0 Å². The number of hydrogen-bond donors (Lipinski definition) is 0. The standard InChI is InChI=1S/C21H34O2P2/c1-17(2)9-7-11-19(5)13-15-21(24-22,25-23)16-14-20(6)12-8-10-18(3)4/h9-10,13-14H,7-8,11-12,15-16H2,1-6H3/b19-13+,20-14+. The Labute approximate surface area is 158 Å². The Bertz CT molecular complexity index is 496. The van der Waals surface area contributed by atoms with Gasteiger partial charge in [-0.1, -0.05) is 46.6 Å². The molecule has 0 aromatic carbocycles. The first-order chi connectivity index (χ1) is 11.7. The fourth-order valence-corrected chi connectivity index (χ4v) is 3.10. The summed E-state index contributed by atoms with van der Waals surface area (Å²) in [5.41, 5.74) is 5.18. The maximum atomic E-state index is 11.7. The number of hydrogen-bond acceptors (Lipinski definition) is 2. The van der Waals surface area contributed by atoms with Crippen molar-refractivity contribution < 1.29 is 9.13 Å². The minimum Gasteiger partial charge on any atom is -0.273 e. The van der Waals surface area contributed by atoms with Crippen LogP contribution in [0.3, 0.4) is 0 Å². The first kappa shape index (κ1) is 24.2. The van der Waals surface area contributed by atoms with Gasteiger partial charge in [0, 0.05) is 0 Å². The Balaban J connectivity index is 4.77. The molecule has 140 valence electrons. The highest BCUT2D eigenvalue weighted by Crippen LogP contribution is 2.43. The van der Waals surface area contributed by atoms with Gasteiger partial charge >= 0.3 is 0 Å². The highest BCUT2D eigenvalue weighted by Gasteiger charge is 2.30. The zero-order chi connectivity index (χ0) is 19.3. The van der Waals surface area contributed by atoms with E-state index in [1.807, 2.05) is 0 Å². The first-order valence-electron chi connectivity index (χ1n) is 9.01. The van der Waals surface area contributed by atoms with Crippen molar-refractivity contribution in [2.45, 2.75) is 85.0 Å². The zero-order valence-electron chi connectivity index (χ0n) is 16.8. The predicted molar refractivity (Wildman–Crippen MR) is 112 cm³/mol. The van der Waals surface area contributed by atoms with E-state index in [-0.39, 0.29) is 16.9 Å². The molecule has 0 radical (unpaired) electrons. The molecule has 0 aromatic heterocycles. The van der Waals surface area contributed by atoms with Crippen LogP contribution in [0, 0.1) is 0 Å². The van der Waals surface area contributed by atoms with E-state index in [0.717, 1.165) is 25.7 Å². The average Bonchev–Trinajstić information content (AvgIpc) is 2.55. The molecule has 0 rings (SSSR count). The van der Waals surface area contributed by atoms with E-state index in [9.17, 15) is 9.13 Å². The molecule has 0 saturated heterocycles. The van der Waals surface area contributed by atoms with Gasteiger partial charge in [0.15, 0.2) is 16.9 Å². The van der Waals surface area contributed by atoms with E-state index in [1.54, 1.807) is 0 Å². The lowest BCUT2D eigenvalue weighted by Crippen LogP contribution is -2.11. The summed E-state index contributed by atoms with van der Waals surface area (Å²) in [6.45, 7) is 12.6. The minimum absolute atomic E-state index is 0.0510. The molecule has 0 N–H and O–H groups in total. The largest absolute Gasteiger partial charge is 0.273 e. The number of allylic oxidation sites excluding steroid dienone is 8. The quantitative estimate of drug-likeness (QED) is 0.251. The van der Waals surface area contributed by atoms with Crippen LogP contribution in [0.4, 0.5) is 0 Å². The van der Waals surface area contributed by atoms with Crippen molar-refractivity contribution in [2.24, 2.45) is 0 Å². The number of rotatable bonds is 12. The van der Waals surface area contributed by atoms with E-state index in [0.29, 0.717) is 12.8 Å². The smallest absolute Gasteiger partial charge is 0.175 e. The van der Waals surface area contributed by atoms with E-state index in [2.05, 4.69) is 65.8 Å². The summed E-state index contributed by atoms with van der Waals surface area (Å²) in [7, 11) is -0.102. The molecule has 0 spiro atoms. The van der Waals surface area contributed by atoms with Gasteiger partial charge < -0.3 is 0 Å². The second kappa shape index (κ2) is 13.4. The summed E-state index contributed by atoms with van der Waals surface area (Å²) in [6.07, 6.45) is 13.8. The molecule has 0 heterocycles. The summed E-state index contributed by atoms with van der Waals surface area (Å²) in [4.78, 5) is -0.727. The van der Waals surface area contributed by atoms with Gasteiger partial charge in [0.1, 0.15) is 4.90 Å². The molecule has 0 amide bonds. The molecule has 0 aliphatic rings. The van der Waals surface area contributed by atoms with Crippen LogP contribution in [0.25, 0.3) is 0 Å². The van der Waals surface area contributed by atoms with Crippen LogP contribution in [-0.4, -0.2) is 4.90 Å². The molecule has 0 aliphatic carbocycles. The molecule has 0 aliphatic heterocycles. The van der Waals surface area contributed by atoms with Gasteiger partial charge in [0.25, 0.3) is 0 Å². The van der Waals surface area contributed by atoms with Gasteiger partial charge in [-0.25, -0.2) is 0 Å². The van der Waals surface area contributed by atoms with E-state index >= 15 is 0 Å². The highest BCUT2D eigenvalue weighted by atomic mass is 31.1. The van der Waals surface area contributed by atoms with Crippen molar-refractivity contribution in [2.75, 3.05) is 0 Å². The molecule has 0 unspecified atom stereocenters. The Morgan fingerprint density at radius 1 is 0.680 bits per heavy atom. The van der Waals surface area contributed by atoms with Crippen molar-refractivity contribution in [1.82, 2.24) is 0 Å². The van der Waals surface area contributed by atoms with Crippen LogP contribution in [0.15, 0.2) is 46.6 Å². The second-order valence-electron chi connectivity index (χ2n) is 7.31. The monoisotopic (exact) mass is 380 g/mol. The van der Waals surface area contributed by atoms with Crippen LogP contribution in [0.1, 0.15) is 80.1 Å². The Morgan fingerprint density at radius 3 is 1.32 bits per heavy atom. The summed E-state index contributed by atoms with van der Waals surface area (Å²) in [5, 5.41) is 0. The van der Waals surface area contributed by atoms with Crippen LogP contribution in [0.5, 0.6) is 0 Å². The second-order valence-corrected chi connectivity index (χ2v) is 9.74. The summed E-state index contributed by atoms with van der Waals surface area (Å²) < 4.78 is 23.4. The van der Waals surface area contributed by atoms with Crippen molar-refractivity contribution in [3.05, 3.63) is 46.6 Å². The van der Waals surface area contributed by atoms with E-state index < -0.39 is 4.90 Å². The van der Waals surface area contributed by atoms with Crippen LogP contribution in [0.2, 0.25) is 0 Å². The molecule has 0 atom stereocenters. The lowest BCUT2D eigenvalue weighted by molar-refractivity contribution is 0.565. The molecular weight excluding hydrogens is 346 g/mol. The fourth-order valence-electron chi connectivity index (χ4n) is 2.31. The maximum absolute atomic E-state index is 11.7. The third kappa shape index (κ3) is 12.2. The van der Waals surface area contributed by atoms with Gasteiger partial charge in [0.2, 0.25) is 0 Å². The lowest BCUT2D eigenvalue weighted by Gasteiger charge is -2.16. The fraction of sp³-hybridized carbons (Fsp3) is 0.619. The predicted octanol–water partition coefficient (Wildman–Crippen LogP) is 8.43. The van der Waals surface area contributed by atoms with Gasteiger partial charge in [-0.2, -0.15) is 0 Å². The van der Waals surface area contributed by atoms with Crippen molar-refractivity contribution in [3.63, 3.8) is 0 Å². The van der Waals surface area contributed by atoms with E-state index in [1.165, 1.54) is 22.3 Å².